The van der Waals surface area contributed by atoms with Crippen molar-refractivity contribution in [3.8, 4) is 0 Å². The third-order valence-electron chi connectivity index (χ3n) is 6.35. The SMILES string of the molecule is CC(C)C[C@H](NC(=O)[C@H](CC(=O)O)NC(=O)[C@H](CC(=O)N1CCCC1)N1CCC[C@@H](N)C1=O)C(=O)O. The Labute approximate surface area is 209 Å². The number of amides is 4. The molecule has 2 aliphatic rings. The van der Waals surface area contributed by atoms with Gasteiger partial charge in [-0.05, 0) is 38.0 Å². The molecule has 0 bridgehead atoms. The van der Waals surface area contributed by atoms with Crippen molar-refractivity contribution in [3.63, 3.8) is 0 Å². The van der Waals surface area contributed by atoms with Gasteiger partial charge in [0.2, 0.25) is 23.6 Å². The second-order valence-electron chi connectivity index (χ2n) is 9.78. The molecular formula is C23H37N5O8. The highest BCUT2D eigenvalue weighted by Crippen LogP contribution is 2.19. The van der Waals surface area contributed by atoms with Crippen LogP contribution in [0.1, 0.15) is 58.8 Å². The summed E-state index contributed by atoms with van der Waals surface area (Å²) in [6.45, 7) is 4.79. The molecule has 0 saturated carbocycles. The molecule has 0 radical (unpaired) electrons. The fourth-order valence-corrected chi connectivity index (χ4v) is 4.46. The van der Waals surface area contributed by atoms with Crippen molar-refractivity contribution < 1.29 is 39.0 Å². The summed E-state index contributed by atoms with van der Waals surface area (Å²) in [5.74, 6) is -5.45. The van der Waals surface area contributed by atoms with Crippen LogP contribution in [0.25, 0.3) is 0 Å². The van der Waals surface area contributed by atoms with Crippen LogP contribution in [0.2, 0.25) is 0 Å². The van der Waals surface area contributed by atoms with Gasteiger partial charge in [0.25, 0.3) is 0 Å². The van der Waals surface area contributed by atoms with Crippen molar-refractivity contribution in [1.29, 1.82) is 0 Å². The monoisotopic (exact) mass is 511 g/mol. The van der Waals surface area contributed by atoms with E-state index in [0.717, 1.165) is 12.8 Å². The van der Waals surface area contributed by atoms with E-state index in [1.54, 1.807) is 18.7 Å². The average molecular weight is 512 g/mol. The van der Waals surface area contributed by atoms with Crippen molar-refractivity contribution in [2.24, 2.45) is 11.7 Å². The number of rotatable bonds is 12. The number of nitrogens with one attached hydrogen (secondary N) is 2. The van der Waals surface area contributed by atoms with Gasteiger partial charge in [0, 0.05) is 19.6 Å². The Morgan fingerprint density at radius 3 is 2.11 bits per heavy atom. The van der Waals surface area contributed by atoms with Gasteiger partial charge < -0.3 is 36.4 Å². The van der Waals surface area contributed by atoms with Crippen LogP contribution in [0.4, 0.5) is 0 Å². The van der Waals surface area contributed by atoms with Crippen LogP contribution in [-0.2, 0) is 28.8 Å². The van der Waals surface area contributed by atoms with E-state index in [1.807, 2.05) is 0 Å². The zero-order chi connectivity index (χ0) is 27.0. The zero-order valence-corrected chi connectivity index (χ0v) is 20.8. The standard InChI is InChI=1S/C23H37N5O8/c1-13(2)10-16(23(35)36)26-20(32)15(11-19(30)31)25-21(33)17(12-18(29)27-7-3-4-8-27)28-9-5-6-14(24)22(28)34/h13-17H,3-12,24H2,1-2H3,(H,25,33)(H,26,32)(H,30,31)(H,35,36)/t14-,15+,16+,17+/m1/s1. The molecule has 0 aromatic heterocycles. The maximum absolute atomic E-state index is 13.3. The fraction of sp³-hybridized carbons (Fsp3) is 0.739. The smallest absolute Gasteiger partial charge is 0.326 e. The zero-order valence-electron chi connectivity index (χ0n) is 20.8. The molecule has 13 heteroatoms. The lowest BCUT2D eigenvalue weighted by molar-refractivity contribution is -0.148. The van der Waals surface area contributed by atoms with E-state index >= 15 is 0 Å². The van der Waals surface area contributed by atoms with Crippen molar-refractivity contribution >= 4 is 35.6 Å². The van der Waals surface area contributed by atoms with Gasteiger partial charge in [-0.15, -0.1) is 0 Å². The lowest BCUT2D eigenvalue weighted by Gasteiger charge is -2.37. The Morgan fingerprint density at radius 2 is 1.56 bits per heavy atom. The topological polar surface area (TPSA) is 199 Å². The minimum Gasteiger partial charge on any atom is -0.481 e. The Balaban J connectivity index is 2.24. The van der Waals surface area contributed by atoms with Crippen molar-refractivity contribution in [2.75, 3.05) is 19.6 Å². The maximum Gasteiger partial charge on any atom is 0.326 e. The molecule has 2 fully saturated rings. The molecule has 0 aromatic carbocycles. The van der Waals surface area contributed by atoms with E-state index in [0.29, 0.717) is 25.9 Å². The summed E-state index contributed by atoms with van der Waals surface area (Å²) >= 11 is 0. The van der Waals surface area contributed by atoms with Crippen LogP contribution in [0.5, 0.6) is 0 Å². The van der Waals surface area contributed by atoms with Crippen LogP contribution in [0.15, 0.2) is 0 Å². The molecule has 4 amide bonds. The van der Waals surface area contributed by atoms with Crippen LogP contribution in [0, 0.1) is 5.92 Å². The number of nitrogens with zero attached hydrogens (tertiary/aromatic N) is 2. The van der Waals surface area contributed by atoms with Gasteiger partial charge in [0.15, 0.2) is 0 Å². The first kappa shape index (κ1) is 29.0. The number of carboxylic acids is 2. The predicted molar refractivity (Wildman–Crippen MR) is 126 cm³/mol. The fourth-order valence-electron chi connectivity index (χ4n) is 4.46. The molecule has 0 aromatic rings. The molecule has 2 saturated heterocycles. The van der Waals surface area contributed by atoms with Crippen molar-refractivity contribution in [2.45, 2.75) is 83.0 Å². The first-order valence-corrected chi connectivity index (χ1v) is 12.3. The number of piperidine rings is 1. The number of nitrogens with two attached hydrogens (primary N) is 1. The second kappa shape index (κ2) is 13.2. The molecule has 36 heavy (non-hydrogen) atoms. The normalized spacial score (nSPS) is 20.6. The molecule has 202 valence electrons. The van der Waals surface area contributed by atoms with Crippen LogP contribution in [0.3, 0.4) is 0 Å². The average Bonchev–Trinajstić information content (AvgIpc) is 3.33. The first-order valence-electron chi connectivity index (χ1n) is 12.3. The van der Waals surface area contributed by atoms with Crippen molar-refractivity contribution in [3.05, 3.63) is 0 Å². The quantitative estimate of drug-likeness (QED) is 0.215. The molecule has 2 aliphatic heterocycles. The summed E-state index contributed by atoms with van der Waals surface area (Å²) in [6, 6.07) is -5.00. The van der Waals surface area contributed by atoms with E-state index in [-0.39, 0.29) is 31.2 Å². The molecule has 2 rings (SSSR count). The lowest BCUT2D eigenvalue weighted by Crippen LogP contribution is -2.60. The van der Waals surface area contributed by atoms with Crippen LogP contribution in [-0.4, -0.2) is 99.4 Å². The van der Waals surface area contributed by atoms with E-state index in [2.05, 4.69) is 10.6 Å². The third-order valence-corrected chi connectivity index (χ3v) is 6.35. The van der Waals surface area contributed by atoms with E-state index in [1.165, 1.54) is 4.90 Å². The highest BCUT2D eigenvalue weighted by atomic mass is 16.4. The van der Waals surface area contributed by atoms with E-state index in [4.69, 9.17) is 5.73 Å². The summed E-state index contributed by atoms with van der Waals surface area (Å²) in [4.78, 5) is 77.5. The third kappa shape index (κ3) is 8.18. The number of carboxylic acid groups (broad SMARTS) is 2. The van der Waals surface area contributed by atoms with Gasteiger partial charge in [0.1, 0.15) is 18.1 Å². The van der Waals surface area contributed by atoms with E-state index in [9.17, 15) is 39.0 Å². The molecule has 0 aliphatic carbocycles. The van der Waals surface area contributed by atoms with Gasteiger partial charge >= 0.3 is 11.9 Å². The minimum atomic E-state index is -1.61. The van der Waals surface area contributed by atoms with Crippen molar-refractivity contribution in [1.82, 2.24) is 20.4 Å². The van der Waals surface area contributed by atoms with Gasteiger partial charge in [-0.1, -0.05) is 13.8 Å². The summed E-state index contributed by atoms with van der Waals surface area (Å²) < 4.78 is 0. The molecule has 13 nitrogen and oxygen atoms in total. The molecule has 0 unspecified atom stereocenters. The molecular weight excluding hydrogens is 474 g/mol. The Hall–Kier alpha value is -3.22. The van der Waals surface area contributed by atoms with Crippen LogP contribution >= 0.6 is 0 Å². The molecule has 2 heterocycles. The highest BCUT2D eigenvalue weighted by Gasteiger charge is 2.39. The number of aliphatic carboxylic acids is 2. The van der Waals surface area contributed by atoms with Gasteiger partial charge in [0.05, 0.1) is 18.9 Å². The lowest BCUT2D eigenvalue weighted by atomic mass is 10.00. The summed E-state index contributed by atoms with van der Waals surface area (Å²) in [5.41, 5.74) is 5.88. The largest absolute Gasteiger partial charge is 0.481 e. The molecule has 0 spiro atoms. The van der Waals surface area contributed by atoms with Gasteiger partial charge in [-0.3, -0.25) is 24.0 Å². The number of likely N-dealkylation sites (tertiary alicyclic amines) is 2. The molecule has 4 atom stereocenters. The number of hydrogen-bond acceptors (Lipinski definition) is 7. The highest BCUT2D eigenvalue weighted by molar-refractivity contribution is 5.97. The number of carbonyl (C=O) groups excluding carboxylic acids is 4. The van der Waals surface area contributed by atoms with Gasteiger partial charge in [-0.25, -0.2) is 4.79 Å². The predicted octanol–water partition coefficient (Wildman–Crippen LogP) is -1.11. The summed E-state index contributed by atoms with van der Waals surface area (Å²) in [6.07, 6.45) is 1.56. The maximum atomic E-state index is 13.3. The van der Waals surface area contributed by atoms with Gasteiger partial charge in [-0.2, -0.15) is 0 Å². The number of hydrogen-bond donors (Lipinski definition) is 5. The van der Waals surface area contributed by atoms with Crippen LogP contribution < -0.4 is 16.4 Å². The Bertz CT molecular complexity index is 857. The number of carbonyl (C=O) groups is 6. The second-order valence-corrected chi connectivity index (χ2v) is 9.78. The molecule has 6 N–H and O–H groups in total. The summed E-state index contributed by atoms with van der Waals surface area (Å²) in [7, 11) is 0. The summed E-state index contributed by atoms with van der Waals surface area (Å²) in [5, 5.41) is 23.3. The Morgan fingerprint density at radius 1 is 0.944 bits per heavy atom. The first-order chi connectivity index (χ1) is 16.9. The van der Waals surface area contributed by atoms with E-state index < -0.39 is 60.2 Å². The Kier molecular flexibility index (Phi) is 10.6. The minimum absolute atomic E-state index is 0.0748.